The monoisotopic (exact) mass is 200 g/mol. The molecule has 0 spiro atoms. The Bertz CT molecular complexity index is 289. The second-order valence-corrected chi connectivity index (χ2v) is 2.54. The summed E-state index contributed by atoms with van der Waals surface area (Å²) in [5, 5.41) is -0.660. The summed E-state index contributed by atoms with van der Waals surface area (Å²) >= 11 is 5.09. The normalized spacial score (nSPS) is 9.69. The number of allylic oxidation sites excluding steroid dienone is 3. The Balaban J connectivity index is 4.13. The van der Waals surface area contributed by atoms with Gasteiger partial charge in [0.05, 0.1) is 0 Å². The number of ether oxygens (including phenoxy) is 1. The maximum absolute atomic E-state index is 10.5. The Labute approximate surface area is 81.3 Å². The van der Waals surface area contributed by atoms with Crippen LogP contribution in [0.1, 0.15) is 6.92 Å². The van der Waals surface area contributed by atoms with Crippen LogP contribution >= 0.6 is 11.6 Å². The van der Waals surface area contributed by atoms with Crippen molar-refractivity contribution in [3.05, 3.63) is 36.6 Å². The molecule has 0 bridgehead atoms. The maximum Gasteiger partial charge on any atom is 0.308 e. The smallest absolute Gasteiger partial charge is 0.308 e. The molecule has 4 heteroatoms. The molecule has 0 aromatic rings. The molecule has 3 nitrogen and oxygen atoms in total. The van der Waals surface area contributed by atoms with E-state index in [4.69, 9.17) is 11.6 Å². The van der Waals surface area contributed by atoms with Gasteiger partial charge in [-0.05, 0) is 23.8 Å². The third-order valence-electron chi connectivity index (χ3n) is 0.998. The minimum absolute atomic E-state index is 0.106. The fourth-order valence-corrected chi connectivity index (χ4v) is 0.541. The predicted molar refractivity (Wildman–Crippen MR) is 50.0 cm³/mol. The van der Waals surface area contributed by atoms with Crippen LogP contribution in [0.2, 0.25) is 0 Å². The molecule has 0 saturated carbocycles. The third kappa shape index (κ3) is 5.87. The first-order valence-corrected chi connectivity index (χ1v) is 3.75. The molecule has 0 aliphatic rings. The summed E-state index contributed by atoms with van der Waals surface area (Å²) in [5.41, 5.74) is 0.106. The maximum atomic E-state index is 10.5. The highest BCUT2D eigenvalue weighted by Gasteiger charge is 1.98. The average molecular weight is 201 g/mol. The lowest BCUT2D eigenvalue weighted by atomic mass is 10.3. The highest BCUT2D eigenvalue weighted by Crippen LogP contribution is 2.03. The Morgan fingerprint density at radius 1 is 1.31 bits per heavy atom. The second-order valence-electron chi connectivity index (χ2n) is 2.19. The molecule has 0 rings (SSSR count). The lowest BCUT2D eigenvalue weighted by Crippen LogP contribution is -1.95. The molecule has 0 radical (unpaired) electrons. The van der Waals surface area contributed by atoms with E-state index in [0.717, 1.165) is 0 Å². The minimum atomic E-state index is -0.660. The molecule has 70 valence electrons. The molecule has 0 N–H and O–H groups in total. The van der Waals surface area contributed by atoms with Gasteiger partial charge in [0.1, 0.15) is 5.76 Å². The quantitative estimate of drug-likeness (QED) is 0.229. The Kier molecular flexibility index (Phi) is 4.77. The van der Waals surface area contributed by atoms with Crippen molar-refractivity contribution in [2.45, 2.75) is 6.92 Å². The summed E-state index contributed by atoms with van der Waals surface area (Å²) in [4.78, 5) is 20.9. The molecule has 0 saturated heterocycles. The van der Waals surface area contributed by atoms with E-state index in [2.05, 4.69) is 17.9 Å². The molecule has 0 fully saturated rings. The molecule has 0 heterocycles. The van der Waals surface area contributed by atoms with Crippen LogP contribution in [0.5, 0.6) is 0 Å². The van der Waals surface area contributed by atoms with Crippen molar-refractivity contribution in [1.82, 2.24) is 0 Å². The molecule has 13 heavy (non-hydrogen) atoms. The summed E-state index contributed by atoms with van der Waals surface area (Å²) in [6.45, 7) is 8.01. The van der Waals surface area contributed by atoms with Gasteiger partial charge < -0.3 is 4.74 Å². The zero-order valence-corrected chi connectivity index (χ0v) is 7.93. The molecule has 0 atom stereocenters. The first kappa shape index (κ1) is 11.6. The van der Waals surface area contributed by atoms with E-state index < -0.39 is 11.2 Å². The minimum Gasteiger partial charge on any atom is -0.427 e. The molecular weight excluding hydrogens is 192 g/mol. The van der Waals surface area contributed by atoms with Crippen molar-refractivity contribution < 1.29 is 14.3 Å². The summed E-state index contributed by atoms with van der Waals surface area (Å²) in [6.07, 6.45) is 2.66. The van der Waals surface area contributed by atoms with Crippen LogP contribution in [0, 0.1) is 0 Å². The summed E-state index contributed by atoms with van der Waals surface area (Å²) in [7, 11) is 0. The highest BCUT2D eigenvalue weighted by molar-refractivity contribution is 6.68. The van der Waals surface area contributed by atoms with E-state index in [9.17, 15) is 9.59 Å². The van der Waals surface area contributed by atoms with Gasteiger partial charge >= 0.3 is 5.97 Å². The predicted octanol–water partition coefficient (Wildman–Crippen LogP) is 1.94. The summed E-state index contributed by atoms with van der Waals surface area (Å²) < 4.78 is 4.56. The molecule has 0 aliphatic carbocycles. The lowest BCUT2D eigenvalue weighted by molar-refractivity contribution is -0.136. The Hall–Kier alpha value is -1.35. The Morgan fingerprint density at radius 2 is 1.85 bits per heavy atom. The van der Waals surface area contributed by atoms with Crippen molar-refractivity contribution in [3.8, 4) is 0 Å². The lowest BCUT2D eigenvalue weighted by Gasteiger charge is -1.97. The van der Waals surface area contributed by atoms with Crippen LogP contribution in [-0.2, 0) is 14.3 Å². The molecule has 0 aliphatic heterocycles. The van der Waals surface area contributed by atoms with Gasteiger partial charge in [-0.15, -0.1) is 0 Å². The van der Waals surface area contributed by atoms with E-state index in [1.54, 1.807) is 0 Å². The van der Waals surface area contributed by atoms with Gasteiger partial charge in [0.15, 0.2) is 0 Å². The van der Waals surface area contributed by atoms with Gasteiger partial charge in [-0.2, -0.15) is 0 Å². The molecule has 0 amide bonds. The molecular formula is C9H9ClO3. The van der Waals surface area contributed by atoms with E-state index in [-0.39, 0.29) is 11.3 Å². The van der Waals surface area contributed by atoms with E-state index in [1.807, 2.05) is 0 Å². The van der Waals surface area contributed by atoms with Crippen LogP contribution in [0.15, 0.2) is 36.6 Å². The van der Waals surface area contributed by atoms with Gasteiger partial charge in [-0.1, -0.05) is 13.2 Å². The van der Waals surface area contributed by atoms with E-state index in [0.29, 0.717) is 0 Å². The fraction of sp³-hybridized carbons (Fsp3) is 0.111. The first-order chi connectivity index (χ1) is 5.93. The molecule has 0 unspecified atom stereocenters. The number of hydrogen-bond acceptors (Lipinski definition) is 3. The molecule has 0 aromatic heterocycles. The van der Waals surface area contributed by atoms with Crippen molar-refractivity contribution in [2.24, 2.45) is 0 Å². The number of halogens is 1. The van der Waals surface area contributed by atoms with E-state index >= 15 is 0 Å². The number of hydrogen-bond donors (Lipinski definition) is 0. The van der Waals surface area contributed by atoms with Gasteiger partial charge in [-0.25, -0.2) is 0 Å². The van der Waals surface area contributed by atoms with Crippen LogP contribution in [0.25, 0.3) is 0 Å². The second kappa shape index (κ2) is 5.32. The van der Waals surface area contributed by atoms with Crippen LogP contribution in [0.3, 0.4) is 0 Å². The fourth-order valence-electron chi connectivity index (χ4n) is 0.478. The van der Waals surface area contributed by atoms with E-state index in [1.165, 1.54) is 19.1 Å². The topological polar surface area (TPSA) is 43.4 Å². The summed E-state index contributed by atoms with van der Waals surface area (Å²) in [6, 6.07) is 0. The highest BCUT2D eigenvalue weighted by atomic mass is 35.5. The van der Waals surface area contributed by atoms with Gasteiger partial charge in [0.2, 0.25) is 0 Å². The largest absolute Gasteiger partial charge is 0.427 e. The average Bonchev–Trinajstić information content (AvgIpc) is 1.98. The van der Waals surface area contributed by atoms with Crippen molar-refractivity contribution >= 4 is 22.8 Å². The van der Waals surface area contributed by atoms with Crippen molar-refractivity contribution in [1.29, 1.82) is 0 Å². The van der Waals surface area contributed by atoms with Gasteiger partial charge in [0.25, 0.3) is 5.24 Å². The zero-order chi connectivity index (χ0) is 10.4. The summed E-state index contributed by atoms with van der Waals surface area (Å²) in [5.74, 6) is -0.343. The van der Waals surface area contributed by atoms with Crippen LogP contribution in [-0.4, -0.2) is 11.2 Å². The van der Waals surface area contributed by atoms with Crippen LogP contribution < -0.4 is 0 Å². The van der Waals surface area contributed by atoms with Crippen molar-refractivity contribution in [2.75, 3.05) is 0 Å². The Morgan fingerprint density at radius 3 is 2.23 bits per heavy atom. The third-order valence-corrected chi connectivity index (χ3v) is 1.24. The number of esters is 1. The van der Waals surface area contributed by atoms with Crippen LogP contribution in [0.4, 0.5) is 0 Å². The zero-order valence-electron chi connectivity index (χ0n) is 7.17. The molecule has 0 aromatic carbocycles. The van der Waals surface area contributed by atoms with Gasteiger partial charge in [-0.3, -0.25) is 9.59 Å². The van der Waals surface area contributed by atoms with Gasteiger partial charge in [0, 0.05) is 12.5 Å². The van der Waals surface area contributed by atoms with Crippen molar-refractivity contribution in [3.63, 3.8) is 0 Å². The number of carbonyl (C=O) groups excluding carboxylic acids is 2. The SMILES string of the molecule is C=C(/C=C\C(=C)C(=O)Cl)OC(C)=O. The standard InChI is InChI=1S/C9H9ClO3/c1-6(9(10)12)4-5-7(2)13-8(3)11/h4-5H,1-2H2,3H3/b5-4-. The number of rotatable bonds is 4. The number of carbonyl (C=O) groups is 2. The first-order valence-electron chi connectivity index (χ1n) is 3.37.